The van der Waals surface area contributed by atoms with Crippen LogP contribution in [0.1, 0.15) is 12.6 Å². The number of thiazole rings is 1. The van der Waals surface area contributed by atoms with Gasteiger partial charge in [-0.25, -0.2) is 13.8 Å². The van der Waals surface area contributed by atoms with E-state index >= 15 is 0 Å². The summed E-state index contributed by atoms with van der Waals surface area (Å²) in [5, 5.41) is 5.78. The minimum atomic E-state index is -0.842. The van der Waals surface area contributed by atoms with Crippen LogP contribution in [0.5, 0.6) is 0 Å². The van der Waals surface area contributed by atoms with Crippen LogP contribution in [0.4, 0.5) is 8.78 Å². The second kappa shape index (κ2) is 5.33. The third kappa shape index (κ3) is 2.87. The molecule has 0 amide bonds. The molecule has 17 heavy (non-hydrogen) atoms. The van der Waals surface area contributed by atoms with Crippen LogP contribution in [0.3, 0.4) is 0 Å². The van der Waals surface area contributed by atoms with Crippen molar-refractivity contribution in [2.75, 3.05) is 6.54 Å². The van der Waals surface area contributed by atoms with Crippen molar-refractivity contribution in [3.05, 3.63) is 40.9 Å². The van der Waals surface area contributed by atoms with Crippen molar-refractivity contribution < 1.29 is 8.78 Å². The number of aromatic nitrogens is 1. The van der Waals surface area contributed by atoms with Crippen LogP contribution in [-0.2, 0) is 6.54 Å². The summed E-state index contributed by atoms with van der Waals surface area (Å²) < 4.78 is 25.8. The quantitative estimate of drug-likeness (QED) is 0.906. The maximum Gasteiger partial charge on any atom is 0.159 e. The van der Waals surface area contributed by atoms with Crippen molar-refractivity contribution in [3.63, 3.8) is 0 Å². The van der Waals surface area contributed by atoms with Crippen molar-refractivity contribution in [2.45, 2.75) is 13.5 Å². The Morgan fingerprint density at radius 2 is 2.12 bits per heavy atom. The monoisotopic (exact) mass is 254 g/mol. The highest BCUT2D eigenvalue weighted by atomic mass is 32.1. The fourth-order valence-corrected chi connectivity index (χ4v) is 2.22. The van der Waals surface area contributed by atoms with E-state index in [1.165, 1.54) is 23.5 Å². The molecule has 0 aliphatic rings. The fourth-order valence-electron chi connectivity index (χ4n) is 1.40. The van der Waals surface area contributed by atoms with E-state index in [9.17, 15) is 8.78 Å². The molecule has 90 valence electrons. The molecule has 2 rings (SSSR count). The predicted molar refractivity (Wildman–Crippen MR) is 64.8 cm³/mol. The zero-order chi connectivity index (χ0) is 12.3. The molecule has 0 bridgehead atoms. The van der Waals surface area contributed by atoms with Gasteiger partial charge in [-0.15, -0.1) is 11.3 Å². The largest absolute Gasteiger partial charge is 0.311 e. The van der Waals surface area contributed by atoms with Gasteiger partial charge >= 0.3 is 0 Å². The normalized spacial score (nSPS) is 10.8. The van der Waals surface area contributed by atoms with Crippen molar-refractivity contribution in [1.29, 1.82) is 0 Å². The van der Waals surface area contributed by atoms with Crippen LogP contribution in [0.2, 0.25) is 0 Å². The number of hydrogen-bond acceptors (Lipinski definition) is 3. The number of hydrogen-bond donors (Lipinski definition) is 1. The number of halogens is 2. The Labute approximate surface area is 102 Å². The zero-order valence-electron chi connectivity index (χ0n) is 9.34. The van der Waals surface area contributed by atoms with Crippen LogP contribution in [0.15, 0.2) is 23.6 Å². The summed E-state index contributed by atoms with van der Waals surface area (Å²) in [6.07, 6.45) is 0. The SMILES string of the molecule is CCNCc1csc(-c2ccc(F)c(F)c2)n1. The van der Waals surface area contributed by atoms with Crippen LogP contribution in [0, 0.1) is 11.6 Å². The van der Waals surface area contributed by atoms with E-state index < -0.39 is 11.6 Å². The Balaban J connectivity index is 2.21. The van der Waals surface area contributed by atoms with Crippen LogP contribution in [0.25, 0.3) is 10.6 Å². The molecule has 0 aliphatic carbocycles. The summed E-state index contributed by atoms with van der Waals surface area (Å²) in [6.45, 7) is 3.58. The summed E-state index contributed by atoms with van der Waals surface area (Å²) in [6, 6.07) is 3.83. The molecule has 0 atom stereocenters. The Hall–Kier alpha value is -1.33. The number of benzene rings is 1. The molecule has 0 saturated carbocycles. The zero-order valence-corrected chi connectivity index (χ0v) is 10.2. The average molecular weight is 254 g/mol. The van der Waals surface area contributed by atoms with Crippen LogP contribution < -0.4 is 5.32 Å². The molecule has 0 fully saturated rings. The summed E-state index contributed by atoms with van der Waals surface area (Å²) in [5.41, 5.74) is 1.52. The molecule has 0 aliphatic heterocycles. The van der Waals surface area contributed by atoms with E-state index in [0.717, 1.165) is 18.3 Å². The van der Waals surface area contributed by atoms with Gasteiger partial charge in [0.1, 0.15) is 5.01 Å². The Morgan fingerprint density at radius 1 is 1.29 bits per heavy atom. The van der Waals surface area contributed by atoms with Gasteiger partial charge in [-0.2, -0.15) is 0 Å². The molecule has 1 heterocycles. The van der Waals surface area contributed by atoms with Gasteiger partial charge in [0.25, 0.3) is 0 Å². The highest BCUT2D eigenvalue weighted by Gasteiger charge is 2.08. The maximum atomic E-state index is 13.1. The van der Waals surface area contributed by atoms with Crippen LogP contribution >= 0.6 is 11.3 Å². The van der Waals surface area contributed by atoms with Crippen molar-refractivity contribution >= 4 is 11.3 Å². The molecule has 1 N–H and O–H groups in total. The lowest BCUT2D eigenvalue weighted by atomic mass is 10.2. The first-order valence-electron chi connectivity index (χ1n) is 5.31. The van der Waals surface area contributed by atoms with Gasteiger partial charge in [-0.3, -0.25) is 0 Å². The molecule has 2 aromatic rings. The third-order valence-electron chi connectivity index (χ3n) is 2.27. The molecule has 0 radical (unpaired) electrons. The second-order valence-corrected chi connectivity index (χ2v) is 4.41. The minimum absolute atomic E-state index is 0.608. The van der Waals surface area contributed by atoms with Gasteiger partial charge in [0.2, 0.25) is 0 Å². The number of rotatable bonds is 4. The first-order valence-corrected chi connectivity index (χ1v) is 6.19. The van der Waals surface area contributed by atoms with Crippen molar-refractivity contribution in [2.24, 2.45) is 0 Å². The molecule has 5 heteroatoms. The molecular weight excluding hydrogens is 242 g/mol. The van der Waals surface area contributed by atoms with Gasteiger partial charge in [0.05, 0.1) is 5.69 Å². The number of nitrogens with one attached hydrogen (secondary N) is 1. The molecule has 2 nitrogen and oxygen atoms in total. The third-order valence-corrected chi connectivity index (χ3v) is 3.21. The molecule has 0 unspecified atom stereocenters. The Morgan fingerprint density at radius 3 is 2.82 bits per heavy atom. The highest BCUT2D eigenvalue weighted by Crippen LogP contribution is 2.25. The lowest BCUT2D eigenvalue weighted by molar-refractivity contribution is 0.509. The summed E-state index contributed by atoms with van der Waals surface area (Å²) >= 11 is 1.43. The van der Waals surface area contributed by atoms with E-state index in [1.54, 1.807) is 0 Å². The smallest absolute Gasteiger partial charge is 0.159 e. The standard InChI is InChI=1S/C12H12F2N2S/c1-2-15-6-9-7-17-12(16-9)8-3-4-10(13)11(14)5-8/h3-5,7,15H,2,6H2,1H3. The lowest BCUT2D eigenvalue weighted by Crippen LogP contribution is -2.11. The van der Waals surface area contributed by atoms with Crippen molar-refractivity contribution in [3.8, 4) is 10.6 Å². The van der Waals surface area contributed by atoms with E-state index in [1.807, 2.05) is 12.3 Å². The molecule has 1 aromatic heterocycles. The average Bonchev–Trinajstić information content (AvgIpc) is 2.79. The molecule has 1 aromatic carbocycles. The first kappa shape index (κ1) is 12.1. The summed E-state index contributed by atoms with van der Waals surface area (Å²) in [4.78, 5) is 4.36. The van der Waals surface area contributed by atoms with E-state index in [0.29, 0.717) is 17.1 Å². The van der Waals surface area contributed by atoms with Gasteiger partial charge in [0, 0.05) is 17.5 Å². The molecule has 0 saturated heterocycles. The summed E-state index contributed by atoms with van der Waals surface area (Å²) in [5.74, 6) is -1.68. The maximum absolute atomic E-state index is 13.1. The van der Waals surface area contributed by atoms with Gasteiger partial charge in [0.15, 0.2) is 11.6 Å². The molecule has 0 spiro atoms. The lowest BCUT2D eigenvalue weighted by Gasteiger charge is -1.98. The van der Waals surface area contributed by atoms with Gasteiger partial charge in [-0.1, -0.05) is 6.92 Å². The highest BCUT2D eigenvalue weighted by molar-refractivity contribution is 7.13. The molecular formula is C12H12F2N2S. The van der Waals surface area contributed by atoms with Gasteiger partial charge in [-0.05, 0) is 24.7 Å². The first-order chi connectivity index (χ1) is 8.20. The van der Waals surface area contributed by atoms with E-state index in [4.69, 9.17) is 0 Å². The Bertz CT molecular complexity index is 511. The van der Waals surface area contributed by atoms with Crippen molar-refractivity contribution in [1.82, 2.24) is 10.3 Å². The van der Waals surface area contributed by atoms with E-state index in [2.05, 4.69) is 10.3 Å². The van der Waals surface area contributed by atoms with E-state index in [-0.39, 0.29) is 0 Å². The fraction of sp³-hybridized carbons (Fsp3) is 0.250. The minimum Gasteiger partial charge on any atom is -0.311 e. The topological polar surface area (TPSA) is 24.9 Å². The van der Waals surface area contributed by atoms with Gasteiger partial charge < -0.3 is 5.32 Å². The summed E-state index contributed by atoms with van der Waals surface area (Å²) in [7, 11) is 0. The predicted octanol–water partition coefficient (Wildman–Crippen LogP) is 3.20. The van der Waals surface area contributed by atoms with Crippen LogP contribution in [-0.4, -0.2) is 11.5 Å². The Kier molecular flexibility index (Phi) is 3.81. The second-order valence-electron chi connectivity index (χ2n) is 3.55. The number of nitrogens with zero attached hydrogens (tertiary/aromatic N) is 1.